The lowest BCUT2D eigenvalue weighted by Crippen LogP contribution is -2.58. The molecule has 2 aromatic rings. The normalized spacial score (nSPS) is 26.5. The smallest absolute Gasteiger partial charge is 0.275 e. The van der Waals surface area contributed by atoms with Gasteiger partial charge in [-0.1, -0.05) is 0 Å². The molecule has 0 aliphatic carbocycles. The van der Waals surface area contributed by atoms with Crippen LogP contribution in [0.15, 0.2) is 35.6 Å². The summed E-state index contributed by atoms with van der Waals surface area (Å²) < 4.78 is 49.9. The Bertz CT molecular complexity index is 1200. The Morgan fingerprint density at radius 1 is 1.31 bits per heavy atom. The minimum atomic E-state index is -3.79. The zero-order valence-corrected chi connectivity index (χ0v) is 18.3. The molecule has 1 aromatic heterocycles. The van der Waals surface area contributed by atoms with Gasteiger partial charge in [0.25, 0.3) is 5.91 Å². The van der Waals surface area contributed by atoms with E-state index in [0.29, 0.717) is 0 Å². The fraction of sp³-hybridized carbons (Fsp3) is 0.400. The predicted molar refractivity (Wildman–Crippen MR) is 114 cm³/mol. The second-order valence-corrected chi connectivity index (χ2v) is 10.2. The Kier molecular flexibility index (Phi) is 5.37. The van der Waals surface area contributed by atoms with Crippen LogP contribution < -0.4 is 15.8 Å². The van der Waals surface area contributed by atoms with Crippen molar-refractivity contribution in [1.82, 2.24) is 9.97 Å². The highest BCUT2D eigenvalue weighted by Crippen LogP contribution is 2.41. The average molecular weight is 463 g/mol. The van der Waals surface area contributed by atoms with Gasteiger partial charge in [0.05, 0.1) is 31.9 Å². The van der Waals surface area contributed by atoms with Crippen LogP contribution in [-0.2, 0) is 20.1 Å². The number of rotatable bonds is 4. The lowest BCUT2D eigenvalue weighted by Gasteiger charge is -2.39. The van der Waals surface area contributed by atoms with Gasteiger partial charge in [-0.15, -0.1) is 0 Å². The number of sulfone groups is 1. The lowest BCUT2D eigenvalue weighted by molar-refractivity contribution is 0.102. The molecule has 1 spiro atoms. The van der Waals surface area contributed by atoms with E-state index in [2.05, 4.69) is 20.3 Å². The number of anilines is 1. The molecule has 1 amide bonds. The monoisotopic (exact) mass is 463 g/mol. The zero-order chi connectivity index (χ0) is 23.1. The average Bonchev–Trinajstić information content (AvgIpc) is 3.26. The van der Waals surface area contributed by atoms with Crippen molar-refractivity contribution in [1.29, 1.82) is 0 Å². The van der Waals surface area contributed by atoms with Crippen LogP contribution in [0.25, 0.3) is 0 Å². The molecule has 2 atom stereocenters. The van der Waals surface area contributed by atoms with E-state index in [1.54, 1.807) is 0 Å². The predicted octanol–water partition coefficient (Wildman–Crippen LogP) is 1.04. The Balaban J connectivity index is 1.66. The van der Waals surface area contributed by atoms with Crippen LogP contribution >= 0.6 is 0 Å². The Labute approximate surface area is 184 Å². The van der Waals surface area contributed by atoms with Gasteiger partial charge in [0.15, 0.2) is 14.6 Å². The molecule has 0 bridgehead atoms. The maximum atomic E-state index is 14.8. The number of carbonyl (C=O) groups is 1. The van der Waals surface area contributed by atoms with Gasteiger partial charge in [-0.25, -0.2) is 22.8 Å². The third-order valence-corrected chi connectivity index (χ3v) is 8.42. The number of nitrogens with two attached hydrogens (primary N) is 1. The highest BCUT2D eigenvalue weighted by Gasteiger charge is 2.57. The van der Waals surface area contributed by atoms with Crippen LogP contribution in [0.3, 0.4) is 0 Å². The molecule has 4 rings (SSSR count). The van der Waals surface area contributed by atoms with Crippen molar-refractivity contribution in [2.24, 2.45) is 10.7 Å². The molecule has 0 radical (unpaired) electrons. The number of amidine groups is 1. The third kappa shape index (κ3) is 3.58. The first kappa shape index (κ1) is 22.1. The number of methoxy groups -OCH3 is 1. The molecule has 3 N–H and O–H groups in total. The Morgan fingerprint density at radius 2 is 2.09 bits per heavy atom. The van der Waals surface area contributed by atoms with Gasteiger partial charge >= 0.3 is 0 Å². The highest BCUT2D eigenvalue weighted by atomic mass is 32.2. The second kappa shape index (κ2) is 7.78. The first-order valence-corrected chi connectivity index (χ1v) is 11.4. The van der Waals surface area contributed by atoms with Gasteiger partial charge in [0.1, 0.15) is 22.9 Å². The number of ether oxygens (including phenoxy) is 2. The molecule has 3 heterocycles. The Morgan fingerprint density at radius 3 is 2.69 bits per heavy atom. The minimum Gasteiger partial charge on any atom is -0.480 e. The largest absolute Gasteiger partial charge is 0.480 e. The number of aliphatic imine (C=N–C) groups is 1. The lowest BCUT2D eigenvalue weighted by atomic mass is 9.92. The van der Waals surface area contributed by atoms with Crippen molar-refractivity contribution in [3.05, 3.63) is 47.7 Å². The number of halogens is 1. The first-order valence-electron chi connectivity index (χ1n) is 9.73. The maximum absolute atomic E-state index is 14.8. The van der Waals surface area contributed by atoms with Crippen molar-refractivity contribution in [2.45, 2.75) is 23.6 Å². The summed E-state index contributed by atoms with van der Waals surface area (Å²) in [6.07, 6.45) is 2.74. The van der Waals surface area contributed by atoms with E-state index >= 15 is 0 Å². The molecular weight excluding hydrogens is 441 g/mol. The summed E-state index contributed by atoms with van der Waals surface area (Å²) in [5.74, 6) is -1.53. The summed E-state index contributed by atoms with van der Waals surface area (Å²) in [6, 6.07) is 3.84. The number of carbonyl (C=O) groups excluding carboxylic acids is 1. The molecule has 1 unspecified atom stereocenters. The van der Waals surface area contributed by atoms with Gasteiger partial charge < -0.3 is 20.5 Å². The number of aromatic nitrogens is 2. The van der Waals surface area contributed by atoms with E-state index < -0.39 is 37.6 Å². The molecule has 170 valence electrons. The first-order chi connectivity index (χ1) is 15.1. The van der Waals surface area contributed by atoms with E-state index in [1.165, 1.54) is 38.6 Å². The van der Waals surface area contributed by atoms with Crippen LogP contribution in [-0.4, -0.2) is 61.0 Å². The van der Waals surface area contributed by atoms with Crippen LogP contribution in [0.5, 0.6) is 5.88 Å². The van der Waals surface area contributed by atoms with Gasteiger partial charge in [0.2, 0.25) is 5.88 Å². The summed E-state index contributed by atoms with van der Waals surface area (Å²) >= 11 is 0. The van der Waals surface area contributed by atoms with E-state index in [4.69, 9.17) is 15.2 Å². The topological polar surface area (TPSA) is 146 Å². The van der Waals surface area contributed by atoms with E-state index in [9.17, 15) is 17.6 Å². The van der Waals surface area contributed by atoms with Crippen molar-refractivity contribution in [3.8, 4) is 5.88 Å². The van der Waals surface area contributed by atoms with Gasteiger partial charge in [-0.05, 0) is 31.5 Å². The number of amides is 1. The fourth-order valence-electron chi connectivity index (χ4n) is 3.95. The molecule has 32 heavy (non-hydrogen) atoms. The molecule has 1 fully saturated rings. The van der Waals surface area contributed by atoms with Crippen molar-refractivity contribution in [2.75, 3.05) is 31.4 Å². The van der Waals surface area contributed by atoms with E-state index in [-0.39, 0.29) is 48.3 Å². The fourth-order valence-corrected chi connectivity index (χ4v) is 6.21. The summed E-state index contributed by atoms with van der Waals surface area (Å²) in [6.45, 7) is 1.69. The number of hydrogen-bond donors (Lipinski definition) is 2. The van der Waals surface area contributed by atoms with Crippen LogP contribution in [0, 0.1) is 5.82 Å². The quantitative estimate of drug-likeness (QED) is 0.684. The number of nitrogens with one attached hydrogen (secondary N) is 1. The Hall–Kier alpha value is -3.12. The molecule has 2 aliphatic heterocycles. The second-order valence-electron chi connectivity index (χ2n) is 7.92. The minimum absolute atomic E-state index is 0.00333. The highest BCUT2D eigenvalue weighted by molar-refractivity contribution is 7.93. The van der Waals surface area contributed by atoms with Crippen LogP contribution in [0.4, 0.5) is 10.1 Å². The number of benzene rings is 1. The van der Waals surface area contributed by atoms with Crippen LogP contribution in [0.1, 0.15) is 29.4 Å². The van der Waals surface area contributed by atoms with Gasteiger partial charge in [0, 0.05) is 17.9 Å². The molecule has 12 heteroatoms. The molecule has 1 aromatic carbocycles. The molecule has 0 saturated carbocycles. The number of hydrogen-bond acceptors (Lipinski definition) is 9. The molecular formula is C20H22FN5O5S. The SMILES string of the molecule is COc1cnc(C(=O)Nc2ccc(F)c([C@]3(C)CS(=O)(=O)C4(CCOC4)C(N)=N3)c2)cn1. The van der Waals surface area contributed by atoms with E-state index in [0.717, 1.165) is 6.07 Å². The van der Waals surface area contributed by atoms with Crippen molar-refractivity contribution in [3.63, 3.8) is 0 Å². The molecule has 2 aliphatic rings. The van der Waals surface area contributed by atoms with Gasteiger partial charge in [-0.3, -0.25) is 9.79 Å². The summed E-state index contributed by atoms with van der Waals surface area (Å²) in [4.78, 5) is 24.8. The third-order valence-electron chi connectivity index (χ3n) is 5.76. The standard InChI is InChI=1S/C20H22FN5O5S/c1-19(11-32(28,29)20(18(22)26-19)5-6-31-10-20)13-7-12(3-4-14(13)21)25-17(27)15-8-24-16(30-2)9-23-15/h3-4,7-9H,5-6,10-11H2,1-2H3,(H2,22,26)(H,25,27)/t19-,20?/m0/s1. The molecule has 1 saturated heterocycles. The van der Waals surface area contributed by atoms with Gasteiger partial charge in [-0.2, -0.15) is 0 Å². The van der Waals surface area contributed by atoms with E-state index in [1.807, 2.05) is 0 Å². The van der Waals surface area contributed by atoms with Crippen LogP contribution in [0.2, 0.25) is 0 Å². The summed E-state index contributed by atoms with van der Waals surface area (Å²) in [7, 11) is -2.37. The number of nitrogens with zero attached hydrogens (tertiary/aromatic N) is 3. The van der Waals surface area contributed by atoms with Crippen molar-refractivity contribution >= 4 is 27.3 Å². The molecule has 10 nitrogen and oxygen atoms in total. The maximum Gasteiger partial charge on any atom is 0.275 e. The summed E-state index contributed by atoms with van der Waals surface area (Å²) in [5, 5.41) is 2.60. The summed E-state index contributed by atoms with van der Waals surface area (Å²) in [5.41, 5.74) is 4.89. The zero-order valence-electron chi connectivity index (χ0n) is 17.5. The van der Waals surface area contributed by atoms with Crippen molar-refractivity contribution < 1.29 is 27.1 Å².